The molecule has 158 valence electrons. The first-order chi connectivity index (χ1) is 14.5. The molecule has 1 aliphatic heterocycles. The number of hydrogen-bond donors (Lipinski definition) is 3. The molecule has 0 radical (unpaired) electrons. The van der Waals surface area contributed by atoms with Crippen molar-refractivity contribution in [3.8, 4) is 0 Å². The molecule has 2 atom stereocenters. The number of benzene rings is 2. The molecule has 6 nitrogen and oxygen atoms in total. The summed E-state index contributed by atoms with van der Waals surface area (Å²) in [6.45, 7) is 5.24. The lowest BCUT2D eigenvalue weighted by molar-refractivity contribution is -0.139. The maximum absolute atomic E-state index is 12.9. The van der Waals surface area contributed by atoms with Crippen LogP contribution >= 0.6 is 0 Å². The average molecular weight is 407 g/mol. The smallest absolute Gasteiger partial charge is 0.243 e. The zero-order valence-corrected chi connectivity index (χ0v) is 17.2. The van der Waals surface area contributed by atoms with Gasteiger partial charge >= 0.3 is 0 Å². The second kappa shape index (κ2) is 10.2. The molecule has 1 saturated heterocycles. The lowest BCUT2D eigenvalue weighted by atomic mass is 10.0. The van der Waals surface area contributed by atoms with Crippen LogP contribution in [0.4, 0.5) is 0 Å². The predicted octanol–water partition coefficient (Wildman–Crippen LogP) is 1.88. The van der Waals surface area contributed by atoms with Crippen molar-refractivity contribution in [1.82, 2.24) is 10.2 Å². The van der Waals surface area contributed by atoms with E-state index in [2.05, 4.69) is 11.9 Å². The molecule has 3 rings (SSSR count). The minimum atomic E-state index is -0.643. The Kier molecular flexibility index (Phi) is 7.38. The predicted molar refractivity (Wildman–Crippen MR) is 118 cm³/mol. The van der Waals surface area contributed by atoms with Gasteiger partial charge in [0, 0.05) is 19.6 Å². The van der Waals surface area contributed by atoms with Gasteiger partial charge in [-0.1, -0.05) is 66.7 Å². The second-order valence-corrected chi connectivity index (χ2v) is 7.81. The van der Waals surface area contributed by atoms with E-state index in [1.165, 1.54) is 0 Å². The van der Waals surface area contributed by atoms with E-state index < -0.39 is 12.1 Å². The van der Waals surface area contributed by atoms with Crippen LogP contribution in [0, 0.1) is 0 Å². The Hall–Kier alpha value is -2.96. The molecule has 0 spiro atoms. The molecule has 0 aliphatic carbocycles. The molecule has 0 saturated carbocycles. The molecule has 2 unspecified atom stereocenters. The first-order valence-electron chi connectivity index (χ1n) is 10.3. The molecular formula is C24H30N4O2. The van der Waals surface area contributed by atoms with Gasteiger partial charge in [-0.25, -0.2) is 0 Å². The van der Waals surface area contributed by atoms with Crippen molar-refractivity contribution in [3.63, 3.8) is 0 Å². The Bertz CT molecular complexity index is 880. The summed E-state index contributed by atoms with van der Waals surface area (Å²) in [5, 5.41) is 2.93. The van der Waals surface area contributed by atoms with Crippen LogP contribution in [0.25, 0.3) is 0 Å². The number of nitrogens with one attached hydrogen (secondary N) is 1. The summed E-state index contributed by atoms with van der Waals surface area (Å²) in [7, 11) is 0. The summed E-state index contributed by atoms with van der Waals surface area (Å²) in [6, 6.07) is 16.5. The van der Waals surface area contributed by atoms with Crippen LogP contribution in [-0.2, 0) is 29.1 Å². The summed E-state index contributed by atoms with van der Waals surface area (Å²) < 4.78 is 0. The van der Waals surface area contributed by atoms with Crippen molar-refractivity contribution in [2.45, 2.75) is 44.4 Å². The van der Waals surface area contributed by atoms with Crippen molar-refractivity contribution in [1.29, 1.82) is 0 Å². The molecule has 0 aromatic heterocycles. The van der Waals surface area contributed by atoms with Crippen LogP contribution in [0.1, 0.15) is 29.5 Å². The fraction of sp³-hybridized carbons (Fsp3) is 0.333. The van der Waals surface area contributed by atoms with Crippen LogP contribution in [0.3, 0.4) is 0 Å². The van der Waals surface area contributed by atoms with Gasteiger partial charge < -0.3 is 21.7 Å². The van der Waals surface area contributed by atoms with Crippen LogP contribution in [0.2, 0.25) is 0 Å². The fourth-order valence-electron chi connectivity index (χ4n) is 3.67. The first kappa shape index (κ1) is 21.7. The number of likely N-dealkylation sites (tertiary alicyclic amines) is 1. The van der Waals surface area contributed by atoms with Gasteiger partial charge in [0.25, 0.3) is 0 Å². The van der Waals surface area contributed by atoms with Crippen molar-refractivity contribution in [2.24, 2.45) is 11.5 Å². The molecular weight excluding hydrogens is 376 g/mol. The lowest BCUT2D eigenvalue weighted by Crippen LogP contribution is -2.51. The van der Waals surface area contributed by atoms with Gasteiger partial charge in [0.15, 0.2) is 0 Å². The third-order valence-electron chi connectivity index (χ3n) is 5.47. The van der Waals surface area contributed by atoms with E-state index in [-0.39, 0.29) is 11.8 Å². The summed E-state index contributed by atoms with van der Waals surface area (Å²) in [6.07, 6.45) is 1.72. The van der Waals surface area contributed by atoms with Crippen LogP contribution in [0.15, 0.2) is 66.7 Å². The Balaban J connectivity index is 1.56. The minimum Gasteiger partial charge on any atom is -0.350 e. The highest BCUT2D eigenvalue weighted by atomic mass is 16.2. The Labute approximate surface area is 177 Å². The van der Waals surface area contributed by atoms with E-state index in [4.69, 9.17) is 11.5 Å². The average Bonchev–Trinajstić information content (AvgIpc) is 3.18. The number of rotatable bonds is 8. The Morgan fingerprint density at radius 3 is 2.40 bits per heavy atom. The third-order valence-corrected chi connectivity index (χ3v) is 5.47. The number of hydrogen-bond acceptors (Lipinski definition) is 4. The van der Waals surface area contributed by atoms with Gasteiger partial charge in [-0.2, -0.15) is 0 Å². The van der Waals surface area contributed by atoms with Gasteiger partial charge in [-0.15, -0.1) is 0 Å². The third kappa shape index (κ3) is 5.55. The monoisotopic (exact) mass is 406 g/mol. The maximum atomic E-state index is 12.9. The highest BCUT2D eigenvalue weighted by Gasteiger charge is 2.37. The molecule has 1 heterocycles. The van der Waals surface area contributed by atoms with Crippen LogP contribution < -0.4 is 16.8 Å². The number of carbonyl (C=O) groups excluding carboxylic acids is 2. The fourth-order valence-corrected chi connectivity index (χ4v) is 3.67. The highest BCUT2D eigenvalue weighted by Crippen LogP contribution is 2.23. The molecule has 5 N–H and O–H groups in total. The van der Waals surface area contributed by atoms with Gasteiger partial charge in [-0.3, -0.25) is 9.59 Å². The number of nitrogens with zero attached hydrogens (tertiary/aromatic N) is 1. The van der Waals surface area contributed by atoms with Crippen LogP contribution in [0.5, 0.6) is 0 Å². The Morgan fingerprint density at radius 2 is 1.73 bits per heavy atom. The first-order valence-corrected chi connectivity index (χ1v) is 10.3. The number of nitrogens with two attached hydrogens (primary N) is 2. The van der Waals surface area contributed by atoms with Crippen molar-refractivity contribution >= 4 is 11.8 Å². The molecule has 0 bridgehead atoms. The van der Waals surface area contributed by atoms with Gasteiger partial charge in [0.05, 0.1) is 6.04 Å². The van der Waals surface area contributed by atoms with Crippen LogP contribution in [-0.4, -0.2) is 35.3 Å². The summed E-state index contributed by atoms with van der Waals surface area (Å²) in [4.78, 5) is 27.3. The second-order valence-electron chi connectivity index (χ2n) is 7.81. The van der Waals surface area contributed by atoms with Crippen molar-refractivity contribution in [3.05, 3.63) is 83.4 Å². The maximum Gasteiger partial charge on any atom is 0.243 e. The van der Waals surface area contributed by atoms with Gasteiger partial charge in [0.1, 0.15) is 6.04 Å². The molecule has 2 aromatic rings. The highest BCUT2D eigenvalue weighted by molar-refractivity contribution is 5.91. The van der Waals surface area contributed by atoms with E-state index in [0.717, 1.165) is 28.7 Å². The summed E-state index contributed by atoms with van der Waals surface area (Å²) in [5.74, 6) is -0.378. The topological polar surface area (TPSA) is 101 Å². The quantitative estimate of drug-likeness (QED) is 0.583. The number of carbonyl (C=O) groups is 2. The van der Waals surface area contributed by atoms with E-state index in [1.807, 2.05) is 54.6 Å². The zero-order chi connectivity index (χ0) is 21.5. The van der Waals surface area contributed by atoms with E-state index in [0.29, 0.717) is 32.5 Å². The van der Waals surface area contributed by atoms with Gasteiger partial charge in [0.2, 0.25) is 11.8 Å². The summed E-state index contributed by atoms with van der Waals surface area (Å²) >= 11 is 0. The standard InChI is InChI=1S/C24H30N4O2/c1-17-13-22(23(29)27-15-20-9-7-19(14-25)8-10-20)28(16-17)24(30)21(26)12-11-18-5-3-2-4-6-18/h2-10,21-22H,1,11-16,25-26H2,(H,27,29). The largest absolute Gasteiger partial charge is 0.350 e. The normalized spacial score (nSPS) is 17.1. The lowest BCUT2D eigenvalue weighted by Gasteiger charge is -2.26. The molecule has 1 fully saturated rings. The SMILES string of the molecule is C=C1CC(C(=O)NCc2ccc(CN)cc2)N(C(=O)C(N)CCc2ccccc2)C1. The minimum absolute atomic E-state index is 0.180. The summed E-state index contributed by atoms with van der Waals surface area (Å²) in [5.41, 5.74) is 15.8. The number of aryl methyl sites for hydroxylation is 1. The molecule has 2 aromatic carbocycles. The van der Waals surface area contributed by atoms with E-state index in [9.17, 15) is 9.59 Å². The van der Waals surface area contributed by atoms with E-state index in [1.54, 1.807) is 4.90 Å². The molecule has 6 heteroatoms. The number of amides is 2. The zero-order valence-electron chi connectivity index (χ0n) is 17.2. The van der Waals surface area contributed by atoms with Crippen molar-refractivity contribution < 1.29 is 9.59 Å². The van der Waals surface area contributed by atoms with E-state index >= 15 is 0 Å². The Morgan fingerprint density at radius 1 is 1.07 bits per heavy atom. The molecule has 30 heavy (non-hydrogen) atoms. The van der Waals surface area contributed by atoms with Gasteiger partial charge in [-0.05, 0) is 36.0 Å². The molecule has 2 amide bonds. The van der Waals surface area contributed by atoms with Crippen molar-refractivity contribution in [2.75, 3.05) is 6.54 Å². The molecule has 1 aliphatic rings.